The lowest BCUT2D eigenvalue weighted by molar-refractivity contribution is 0.101. The van der Waals surface area contributed by atoms with Crippen LogP contribution in [0.15, 0.2) is 47.0 Å². The van der Waals surface area contributed by atoms with Crippen LogP contribution in [0.25, 0.3) is 10.2 Å². The van der Waals surface area contributed by atoms with Gasteiger partial charge >= 0.3 is 0 Å². The second kappa shape index (κ2) is 7.61. The molecule has 0 atom stereocenters. The fourth-order valence-corrected chi connectivity index (χ4v) is 3.75. The van der Waals surface area contributed by atoms with Crippen LogP contribution in [0.1, 0.15) is 27.4 Å². The molecule has 0 radical (unpaired) electrons. The molecule has 4 aromatic rings. The maximum Gasteiger partial charge on any atom is 0.280 e. The predicted octanol–water partition coefficient (Wildman–Crippen LogP) is 5.39. The monoisotopic (exact) mass is 413 g/mol. The number of rotatable bonds is 5. The topological polar surface area (TPSA) is 77.3 Å². The number of benzene rings is 2. The Kier molecular flexibility index (Phi) is 5.02. The lowest BCUT2D eigenvalue weighted by Crippen LogP contribution is -2.15. The molecule has 142 valence electrons. The zero-order valence-corrected chi connectivity index (χ0v) is 16.7. The number of nitrogens with zero attached hydrogens (tertiary/aromatic N) is 2. The molecule has 0 saturated heterocycles. The highest BCUT2D eigenvalue weighted by Crippen LogP contribution is 2.27. The van der Waals surface area contributed by atoms with Crippen molar-refractivity contribution in [2.45, 2.75) is 20.5 Å². The molecule has 0 aliphatic carbocycles. The fraction of sp³-hybridized carbons (Fsp3) is 0.150. The number of thiazole rings is 1. The van der Waals surface area contributed by atoms with Crippen molar-refractivity contribution in [1.29, 1.82) is 0 Å². The molecule has 0 spiro atoms. The van der Waals surface area contributed by atoms with E-state index in [9.17, 15) is 4.79 Å². The summed E-state index contributed by atoms with van der Waals surface area (Å²) in [5.41, 5.74) is 2.75. The molecule has 1 N–H and O–H groups in total. The number of hydrogen-bond acceptors (Lipinski definition) is 6. The maximum atomic E-state index is 12.7. The van der Waals surface area contributed by atoms with Gasteiger partial charge in [-0.1, -0.05) is 34.2 Å². The second-order valence-electron chi connectivity index (χ2n) is 6.25. The van der Waals surface area contributed by atoms with Crippen LogP contribution >= 0.6 is 22.9 Å². The van der Waals surface area contributed by atoms with Gasteiger partial charge in [0.2, 0.25) is 0 Å². The Morgan fingerprint density at radius 2 is 2.00 bits per heavy atom. The van der Waals surface area contributed by atoms with E-state index >= 15 is 0 Å². The lowest BCUT2D eigenvalue weighted by atomic mass is 10.2. The summed E-state index contributed by atoms with van der Waals surface area (Å²) in [7, 11) is 0. The normalized spacial score (nSPS) is 11.0. The van der Waals surface area contributed by atoms with E-state index < -0.39 is 0 Å². The number of fused-ring (bicyclic) bond motifs is 1. The van der Waals surface area contributed by atoms with Gasteiger partial charge in [-0.25, -0.2) is 4.98 Å². The number of aryl methyl sites for hydroxylation is 2. The number of amides is 1. The van der Waals surface area contributed by atoms with Crippen molar-refractivity contribution in [2.75, 3.05) is 5.32 Å². The fourth-order valence-electron chi connectivity index (χ4n) is 2.67. The van der Waals surface area contributed by atoms with Gasteiger partial charge in [0.25, 0.3) is 5.91 Å². The Bertz CT molecular complexity index is 1150. The summed E-state index contributed by atoms with van der Waals surface area (Å²) in [6.07, 6.45) is 0. The summed E-state index contributed by atoms with van der Waals surface area (Å²) >= 11 is 7.29. The van der Waals surface area contributed by atoms with Gasteiger partial charge in [-0.2, -0.15) is 0 Å². The first-order chi connectivity index (χ1) is 13.5. The van der Waals surface area contributed by atoms with Crippen LogP contribution in [-0.2, 0) is 6.61 Å². The number of nitrogens with one attached hydrogen (secondary N) is 1. The summed E-state index contributed by atoms with van der Waals surface area (Å²) < 4.78 is 12.0. The first kappa shape index (κ1) is 18.5. The van der Waals surface area contributed by atoms with E-state index in [-0.39, 0.29) is 18.2 Å². The minimum absolute atomic E-state index is 0.152. The average molecular weight is 414 g/mol. The van der Waals surface area contributed by atoms with Gasteiger partial charge in [0.15, 0.2) is 10.8 Å². The number of anilines is 1. The molecule has 0 unspecified atom stereocenters. The Morgan fingerprint density at radius 3 is 2.79 bits per heavy atom. The van der Waals surface area contributed by atoms with Gasteiger partial charge < -0.3 is 9.26 Å². The SMILES string of the molecule is Cc1ccc2nc(NC(=O)c3noc(C)c3COc3ccc(Cl)cc3)sc2c1. The van der Waals surface area contributed by atoms with E-state index in [2.05, 4.69) is 15.5 Å². The van der Waals surface area contributed by atoms with Crippen LogP contribution in [-0.4, -0.2) is 16.0 Å². The van der Waals surface area contributed by atoms with Gasteiger partial charge in [-0.05, 0) is 55.8 Å². The Balaban J connectivity index is 1.51. The van der Waals surface area contributed by atoms with Crippen LogP contribution < -0.4 is 10.1 Å². The number of halogens is 1. The molecule has 0 fully saturated rings. The molecule has 1 amide bonds. The number of ether oxygens (including phenoxy) is 1. The highest BCUT2D eigenvalue weighted by Gasteiger charge is 2.21. The van der Waals surface area contributed by atoms with Crippen molar-refractivity contribution < 1.29 is 14.1 Å². The van der Waals surface area contributed by atoms with E-state index in [1.165, 1.54) is 11.3 Å². The molecule has 2 aromatic carbocycles. The Morgan fingerprint density at radius 1 is 1.21 bits per heavy atom. The van der Waals surface area contributed by atoms with E-state index in [4.69, 9.17) is 20.9 Å². The van der Waals surface area contributed by atoms with Crippen molar-refractivity contribution in [3.63, 3.8) is 0 Å². The first-order valence-corrected chi connectivity index (χ1v) is 9.71. The summed E-state index contributed by atoms with van der Waals surface area (Å²) in [5, 5.41) is 7.83. The van der Waals surface area contributed by atoms with Gasteiger partial charge in [-0.15, -0.1) is 0 Å². The molecular formula is C20H16ClN3O3S. The summed E-state index contributed by atoms with van der Waals surface area (Å²) in [4.78, 5) is 17.2. The molecule has 8 heteroatoms. The molecule has 4 rings (SSSR count). The van der Waals surface area contributed by atoms with E-state index in [0.717, 1.165) is 15.8 Å². The third-order valence-corrected chi connectivity index (χ3v) is 5.35. The van der Waals surface area contributed by atoms with Crippen LogP contribution in [0.2, 0.25) is 5.02 Å². The van der Waals surface area contributed by atoms with Crippen LogP contribution in [0.5, 0.6) is 5.75 Å². The van der Waals surface area contributed by atoms with Crippen molar-refractivity contribution in [3.05, 3.63) is 70.1 Å². The maximum absolute atomic E-state index is 12.7. The van der Waals surface area contributed by atoms with Gasteiger partial charge in [0.1, 0.15) is 18.1 Å². The van der Waals surface area contributed by atoms with Crippen molar-refractivity contribution >= 4 is 44.2 Å². The third kappa shape index (κ3) is 3.85. The molecule has 0 aliphatic rings. The second-order valence-corrected chi connectivity index (χ2v) is 7.72. The smallest absolute Gasteiger partial charge is 0.280 e. The zero-order chi connectivity index (χ0) is 19.7. The van der Waals surface area contributed by atoms with E-state index in [0.29, 0.717) is 27.2 Å². The van der Waals surface area contributed by atoms with Crippen molar-refractivity contribution in [3.8, 4) is 5.75 Å². The number of hydrogen-bond donors (Lipinski definition) is 1. The standard InChI is InChI=1S/C20H16ClN3O3S/c1-11-3-8-16-17(9-11)28-20(22-16)23-19(25)18-15(12(2)27-24-18)10-26-14-6-4-13(21)5-7-14/h3-9H,10H2,1-2H3,(H,22,23,25). The third-order valence-electron chi connectivity index (χ3n) is 4.16. The number of carbonyl (C=O) groups excluding carboxylic acids is 1. The highest BCUT2D eigenvalue weighted by atomic mass is 35.5. The molecule has 28 heavy (non-hydrogen) atoms. The van der Waals surface area contributed by atoms with E-state index in [1.54, 1.807) is 31.2 Å². The van der Waals surface area contributed by atoms with Gasteiger partial charge in [0, 0.05) is 5.02 Å². The molecule has 2 aromatic heterocycles. The largest absolute Gasteiger partial charge is 0.489 e. The summed E-state index contributed by atoms with van der Waals surface area (Å²) in [5.74, 6) is 0.777. The highest BCUT2D eigenvalue weighted by molar-refractivity contribution is 7.22. The number of aromatic nitrogens is 2. The lowest BCUT2D eigenvalue weighted by Gasteiger charge is -2.06. The number of carbonyl (C=O) groups is 1. The van der Waals surface area contributed by atoms with Crippen molar-refractivity contribution in [2.24, 2.45) is 0 Å². The van der Waals surface area contributed by atoms with Crippen LogP contribution in [0, 0.1) is 13.8 Å². The molecule has 0 saturated carbocycles. The molecule has 6 nitrogen and oxygen atoms in total. The molecule has 0 aliphatic heterocycles. The Labute approximate surface area is 170 Å². The quantitative estimate of drug-likeness (QED) is 0.475. The molecule has 2 heterocycles. The van der Waals surface area contributed by atoms with E-state index in [1.807, 2.05) is 25.1 Å². The predicted molar refractivity (Wildman–Crippen MR) is 109 cm³/mol. The minimum atomic E-state index is -0.387. The van der Waals surface area contributed by atoms with Gasteiger partial charge in [-0.3, -0.25) is 10.1 Å². The van der Waals surface area contributed by atoms with Crippen LogP contribution in [0.3, 0.4) is 0 Å². The molecular weight excluding hydrogens is 398 g/mol. The molecule has 0 bridgehead atoms. The average Bonchev–Trinajstić information content (AvgIpc) is 3.23. The summed E-state index contributed by atoms with van der Waals surface area (Å²) in [6.45, 7) is 3.91. The minimum Gasteiger partial charge on any atom is -0.489 e. The van der Waals surface area contributed by atoms with Gasteiger partial charge in [0.05, 0.1) is 15.8 Å². The zero-order valence-electron chi connectivity index (χ0n) is 15.2. The van der Waals surface area contributed by atoms with Crippen LogP contribution in [0.4, 0.5) is 5.13 Å². The summed E-state index contributed by atoms with van der Waals surface area (Å²) in [6, 6.07) is 12.9. The first-order valence-electron chi connectivity index (χ1n) is 8.51. The Hall–Kier alpha value is -2.90. The van der Waals surface area contributed by atoms with Crippen molar-refractivity contribution in [1.82, 2.24) is 10.1 Å².